The van der Waals surface area contributed by atoms with Gasteiger partial charge >= 0.3 is 0 Å². The van der Waals surface area contributed by atoms with Gasteiger partial charge in [-0.1, -0.05) is 11.6 Å². The monoisotopic (exact) mass is 382 g/mol. The molecular weight excluding hydrogens is 368 g/mol. The molecule has 1 aromatic rings. The van der Waals surface area contributed by atoms with Gasteiger partial charge in [0.15, 0.2) is 5.75 Å². The van der Waals surface area contributed by atoms with E-state index < -0.39 is 10.0 Å². The summed E-state index contributed by atoms with van der Waals surface area (Å²) in [5.74, 6) is 0.278. The molecule has 1 heterocycles. The van der Waals surface area contributed by atoms with Crippen LogP contribution in [0.2, 0.25) is 5.02 Å². The average molecular weight is 384 g/mol. The van der Waals surface area contributed by atoms with Crippen molar-refractivity contribution in [2.24, 2.45) is 0 Å². The van der Waals surface area contributed by atoms with Crippen LogP contribution in [0.25, 0.3) is 0 Å². The van der Waals surface area contributed by atoms with Crippen molar-refractivity contribution in [3.63, 3.8) is 0 Å². The molecule has 1 N–H and O–H groups in total. The van der Waals surface area contributed by atoms with Gasteiger partial charge in [-0.15, -0.1) is 0 Å². The van der Waals surface area contributed by atoms with Crippen LogP contribution in [0.3, 0.4) is 0 Å². The molecule has 1 aromatic carbocycles. The molecule has 1 atom stereocenters. The fraction of sp³-hybridized carbons (Fsp3) is 0.500. The highest BCUT2D eigenvalue weighted by Gasteiger charge is 2.34. The Morgan fingerprint density at radius 1 is 1.50 bits per heavy atom. The summed E-state index contributed by atoms with van der Waals surface area (Å²) in [6.45, 7) is 3.56. The molecule has 5 nitrogen and oxygen atoms in total. The fourth-order valence-corrected chi connectivity index (χ4v) is 5.24. The molecule has 0 unspecified atom stereocenters. The minimum atomic E-state index is -3.65. The van der Waals surface area contributed by atoms with Crippen molar-refractivity contribution in [2.45, 2.75) is 17.9 Å². The van der Waals surface area contributed by atoms with E-state index in [9.17, 15) is 8.42 Å². The standard InChI is InChI=1S/C12H16BrClN2O3S/c1-8-7-15-3-4-16(8)20(17,18)11-6-9(14)5-10(13)12(11)19-2/h5-6,8,15H,3-4,7H2,1-2H3/t8-/m0/s1. The van der Waals surface area contributed by atoms with Gasteiger partial charge in [0, 0.05) is 30.7 Å². The zero-order valence-corrected chi connectivity index (χ0v) is 14.3. The zero-order valence-electron chi connectivity index (χ0n) is 11.2. The third-order valence-corrected chi connectivity index (χ3v) is 6.03. The van der Waals surface area contributed by atoms with E-state index in [1.54, 1.807) is 6.07 Å². The summed E-state index contributed by atoms with van der Waals surface area (Å²) in [5.41, 5.74) is 0. The normalized spacial score (nSPS) is 20.9. The van der Waals surface area contributed by atoms with Gasteiger partial charge in [0.25, 0.3) is 0 Å². The summed E-state index contributed by atoms with van der Waals surface area (Å²) in [5, 5.41) is 3.51. The van der Waals surface area contributed by atoms with E-state index in [2.05, 4.69) is 21.2 Å². The van der Waals surface area contributed by atoms with E-state index in [1.807, 2.05) is 6.92 Å². The summed E-state index contributed by atoms with van der Waals surface area (Å²) < 4.78 is 32.9. The summed E-state index contributed by atoms with van der Waals surface area (Å²) >= 11 is 9.26. The number of piperazine rings is 1. The molecule has 0 amide bonds. The molecule has 0 saturated carbocycles. The number of rotatable bonds is 3. The molecule has 1 fully saturated rings. The van der Waals surface area contributed by atoms with E-state index in [0.29, 0.717) is 29.1 Å². The first-order valence-corrected chi connectivity index (χ1v) is 8.74. The maximum absolute atomic E-state index is 12.8. The Balaban J connectivity index is 2.54. The third-order valence-electron chi connectivity index (χ3n) is 3.21. The molecule has 1 saturated heterocycles. The van der Waals surface area contributed by atoms with Crippen molar-refractivity contribution in [3.8, 4) is 5.75 Å². The number of ether oxygens (including phenoxy) is 1. The number of sulfonamides is 1. The zero-order chi connectivity index (χ0) is 14.9. The lowest BCUT2D eigenvalue weighted by Crippen LogP contribution is -2.52. The molecule has 0 aromatic heterocycles. The van der Waals surface area contributed by atoms with Crippen LogP contribution >= 0.6 is 27.5 Å². The fourth-order valence-electron chi connectivity index (χ4n) is 2.23. The molecule has 1 aliphatic heterocycles. The second-order valence-electron chi connectivity index (χ2n) is 4.59. The van der Waals surface area contributed by atoms with Crippen molar-refractivity contribution in [1.29, 1.82) is 0 Å². The Labute approximate surface area is 132 Å². The molecular formula is C12H16BrClN2O3S. The van der Waals surface area contributed by atoms with Crippen LogP contribution in [0.15, 0.2) is 21.5 Å². The van der Waals surface area contributed by atoms with Crippen molar-refractivity contribution in [1.82, 2.24) is 9.62 Å². The van der Waals surface area contributed by atoms with E-state index in [1.165, 1.54) is 17.5 Å². The second kappa shape index (κ2) is 6.19. The Hall–Kier alpha value is -0.340. The van der Waals surface area contributed by atoms with Gasteiger partial charge in [-0.2, -0.15) is 4.31 Å². The van der Waals surface area contributed by atoms with Crippen LogP contribution in [-0.2, 0) is 10.0 Å². The molecule has 8 heteroatoms. The number of hydrogen-bond donors (Lipinski definition) is 1. The summed E-state index contributed by atoms with van der Waals surface area (Å²) in [7, 11) is -2.21. The van der Waals surface area contributed by atoms with Gasteiger partial charge in [-0.05, 0) is 35.0 Å². The molecule has 2 rings (SSSR count). The molecule has 1 aliphatic rings. The predicted octanol–water partition coefficient (Wildman–Crippen LogP) is 2.09. The number of halogens is 2. The lowest BCUT2D eigenvalue weighted by Gasteiger charge is -2.33. The first-order chi connectivity index (χ1) is 9.37. The predicted molar refractivity (Wildman–Crippen MR) is 81.9 cm³/mol. The topological polar surface area (TPSA) is 58.6 Å². The van der Waals surface area contributed by atoms with E-state index >= 15 is 0 Å². The highest BCUT2D eigenvalue weighted by molar-refractivity contribution is 9.10. The lowest BCUT2D eigenvalue weighted by atomic mass is 10.3. The first kappa shape index (κ1) is 16.0. The number of methoxy groups -OCH3 is 1. The van der Waals surface area contributed by atoms with Gasteiger partial charge in [0.1, 0.15) is 4.90 Å². The van der Waals surface area contributed by atoms with Crippen LogP contribution in [0.4, 0.5) is 0 Å². The van der Waals surface area contributed by atoms with Crippen molar-refractivity contribution in [2.75, 3.05) is 26.7 Å². The first-order valence-electron chi connectivity index (χ1n) is 6.13. The molecule has 0 bridgehead atoms. The maximum Gasteiger partial charge on any atom is 0.247 e. The Morgan fingerprint density at radius 3 is 2.80 bits per heavy atom. The van der Waals surface area contributed by atoms with Gasteiger partial charge in [-0.3, -0.25) is 0 Å². The Morgan fingerprint density at radius 2 is 2.20 bits per heavy atom. The summed E-state index contributed by atoms with van der Waals surface area (Å²) in [4.78, 5) is 0.0909. The third kappa shape index (κ3) is 2.96. The summed E-state index contributed by atoms with van der Waals surface area (Å²) in [6.07, 6.45) is 0. The number of benzene rings is 1. The highest BCUT2D eigenvalue weighted by atomic mass is 79.9. The Kier molecular flexibility index (Phi) is 4.96. The lowest BCUT2D eigenvalue weighted by molar-refractivity contribution is 0.282. The molecule has 20 heavy (non-hydrogen) atoms. The van der Waals surface area contributed by atoms with Gasteiger partial charge in [-0.25, -0.2) is 8.42 Å². The van der Waals surface area contributed by atoms with Crippen LogP contribution in [-0.4, -0.2) is 45.5 Å². The minimum Gasteiger partial charge on any atom is -0.494 e. The number of nitrogens with zero attached hydrogens (tertiary/aromatic N) is 1. The maximum atomic E-state index is 12.8. The van der Waals surface area contributed by atoms with Crippen molar-refractivity contribution in [3.05, 3.63) is 21.6 Å². The number of hydrogen-bond acceptors (Lipinski definition) is 4. The molecule has 112 valence electrons. The highest BCUT2D eigenvalue weighted by Crippen LogP contribution is 2.37. The van der Waals surface area contributed by atoms with E-state index in [-0.39, 0.29) is 16.7 Å². The second-order valence-corrected chi connectivity index (χ2v) is 7.74. The summed E-state index contributed by atoms with van der Waals surface area (Å²) in [6, 6.07) is 2.92. The molecule has 0 radical (unpaired) electrons. The molecule has 0 aliphatic carbocycles. The quantitative estimate of drug-likeness (QED) is 0.868. The minimum absolute atomic E-state index is 0.0909. The van der Waals surface area contributed by atoms with Crippen LogP contribution in [0, 0.1) is 0 Å². The molecule has 0 spiro atoms. The van der Waals surface area contributed by atoms with Crippen LogP contribution < -0.4 is 10.1 Å². The smallest absolute Gasteiger partial charge is 0.247 e. The van der Waals surface area contributed by atoms with Crippen molar-refractivity contribution < 1.29 is 13.2 Å². The van der Waals surface area contributed by atoms with E-state index in [0.717, 1.165) is 0 Å². The van der Waals surface area contributed by atoms with E-state index in [4.69, 9.17) is 16.3 Å². The Bertz CT molecular complexity index is 609. The largest absolute Gasteiger partial charge is 0.494 e. The van der Waals surface area contributed by atoms with Gasteiger partial charge in [0.05, 0.1) is 11.6 Å². The number of nitrogens with one attached hydrogen (secondary N) is 1. The van der Waals surface area contributed by atoms with Crippen LogP contribution in [0.5, 0.6) is 5.75 Å². The van der Waals surface area contributed by atoms with Crippen molar-refractivity contribution >= 4 is 37.6 Å². The SMILES string of the molecule is COc1c(Br)cc(Cl)cc1S(=O)(=O)N1CCNC[C@@H]1C. The van der Waals surface area contributed by atoms with Gasteiger partial charge in [0.2, 0.25) is 10.0 Å². The van der Waals surface area contributed by atoms with Crippen LogP contribution in [0.1, 0.15) is 6.92 Å². The average Bonchev–Trinajstić information content (AvgIpc) is 2.38. The van der Waals surface area contributed by atoms with Gasteiger partial charge < -0.3 is 10.1 Å².